The largest absolute Gasteiger partial charge is 0.381 e. The minimum Gasteiger partial charge on any atom is -0.381 e. The first kappa shape index (κ1) is 8.63. The number of rotatable bonds is 2. The van der Waals surface area contributed by atoms with Crippen LogP contribution in [0.3, 0.4) is 0 Å². The molecule has 0 bridgehead atoms. The van der Waals surface area contributed by atoms with E-state index in [1.54, 1.807) is 0 Å². The second kappa shape index (κ2) is 3.80. The van der Waals surface area contributed by atoms with Crippen LogP contribution in [0.15, 0.2) is 11.8 Å². The maximum absolute atomic E-state index is 2.45. The van der Waals surface area contributed by atoms with E-state index in [0.717, 1.165) is 5.92 Å². The van der Waals surface area contributed by atoms with E-state index in [0.29, 0.717) is 0 Å². The van der Waals surface area contributed by atoms with E-state index < -0.39 is 0 Å². The highest BCUT2D eigenvalue weighted by atomic mass is 15.1. The predicted molar refractivity (Wildman–Crippen MR) is 49.4 cm³/mol. The molecule has 1 atom stereocenters. The van der Waals surface area contributed by atoms with Crippen molar-refractivity contribution >= 4 is 0 Å². The van der Waals surface area contributed by atoms with Crippen molar-refractivity contribution in [2.24, 2.45) is 5.92 Å². The van der Waals surface area contributed by atoms with Crippen LogP contribution in [0.25, 0.3) is 0 Å². The highest BCUT2D eigenvalue weighted by Crippen LogP contribution is 2.25. The van der Waals surface area contributed by atoms with Gasteiger partial charge in [0.25, 0.3) is 0 Å². The summed E-state index contributed by atoms with van der Waals surface area (Å²) < 4.78 is 0. The molecule has 0 radical (unpaired) electrons. The van der Waals surface area contributed by atoms with Crippen molar-refractivity contribution in [2.75, 3.05) is 14.1 Å². The molecule has 64 valence electrons. The number of hydrogen-bond donors (Lipinski definition) is 0. The zero-order chi connectivity index (χ0) is 8.27. The van der Waals surface area contributed by atoms with Gasteiger partial charge in [-0.25, -0.2) is 0 Å². The van der Waals surface area contributed by atoms with Gasteiger partial charge >= 0.3 is 0 Å². The summed E-state index contributed by atoms with van der Waals surface area (Å²) in [6, 6.07) is 0. The van der Waals surface area contributed by atoms with Crippen LogP contribution in [-0.4, -0.2) is 19.0 Å². The maximum Gasteiger partial charge on any atom is 0.00897 e. The van der Waals surface area contributed by atoms with E-state index in [9.17, 15) is 0 Å². The lowest BCUT2D eigenvalue weighted by molar-refractivity contribution is 0.418. The van der Waals surface area contributed by atoms with E-state index in [-0.39, 0.29) is 0 Å². The molecule has 0 amide bonds. The van der Waals surface area contributed by atoms with Crippen LogP contribution in [0.2, 0.25) is 0 Å². The molecule has 0 aromatic rings. The van der Waals surface area contributed by atoms with Gasteiger partial charge < -0.3 is 4.90 Å². The fourth-order valence-electron chi connectivity index (χ4n) is 1.68. The van der Waals surface area contributed by atoms with Crippen molar-refractivity contribution in [1.82, 2.24) is 4.90 Å². The fraction of sp³-hybridized carbons (Fsp3) is 0.800. The quantitative estimate of drug-likeness (QED) is 0.589. The molecule has 1 aliphatic rings. The third-order valence-corrected chi connectivity index (χ3v) is 2.53. The van der Waals surface area contributed by atoms with Gasteiger partial charge in [0, 0.05) is 19.8 Å². The van der Waals surface area contributed by atoms with E-state index in [2.05, 4.69) is 32.0 Å². The molecule has 1 unspecified atom stereocenters. The van der Waals surface area contributed by atoms with Gasteiger partial charge in [0.1, 0.15) is 0 Å². The third kappa shape index (κ3) is 2.25. The van der Waals surface area contributed by atoms with Gasteiger partial charge in [-0.15, -0.1) is 0 Å². The second-order valence-electron chi connectivity index (χ2n) is 3.61. The van der Waals surface area contributed by atoms with Crippen molar-refractivity contribution in [3.63, 3.8) is 0 Å². The van der Waals surface area contributed by atoms with Gasteiger partial charge in [-0.2, -0.15) is 0 Å². The Labute approximate surface area is 70.1 Å². The van der Waals surface area contributed by atoms with Crippen molar-refractivity contribution in [3.05, 3.63) is 11.8 Å². The summed E-state index contributed by atoms with van der Waals surface area (Å²) >= 11 is 0. The average molecular weight is 153 g/mol. The molecule has 1 heteroatoms. The van der Waals surface area contributed by atoms with Gasteiger partial charge in [-0.1, -0.05) is 13.0 Å². The Morgan fingerprint density at radius 3 is 2.82 bits per heavy atom. The zero-order valence-electron chi connectivity index (χ0n) is 7.93. The van der Waals surface area contributed by atoms with E-state index >= 15 is 0 Å². The summed E-state index contributed by atoms with van der Waals surface area (Å²) in [4.78, 5) is 2.25. The molecule has 1 rings (SSSR count). The molecular formula is C10H19N. The molecule has 1 aliphatic carbocycles. The fourth-order valence-corrected chi connectivity index (χ4v) is 1.68. The van der Waals surface area contributed by atoms with E-state index in [4.69, 9.17) is 0 Å². The Morgan fingerprint density at radius 1 is 1.55 bits per heavy atom. The average Bonchev–Trinajstić information content (AvgIpc) is 2.05. The van der Waals surface area contributed by atoms with Crippen LogP contribution in [0.4, 0.5) is 0 Å². The van der Waals surface area contributed by atoms with Crippen LogP contribution in [0, 0.1) is 5.92 Å². The molecule has 1 nitrogen and oxygen atoms in total. The van der Waals surface area contributed by atoms with Crippen molar-refractivity contribution in [1.29, 1.82) is 0 Å². The molecule has 0 fully saturated rings. The smallest absolute Gasteiger partial charge is 0.00897 e. The summed E-state index contributed by atoms with van der Waals surface area (Å²) in [6.45, 7) is 2.28. The molecule has 0 heterocycles. The van der Waals surface area contributed by atoms with Crippen LogP contribution >= 0.6 is 0 Å². The van der Waals surface area contributed by atoms with Gasteiger partial charge in [0.05, 0.1) is 0 Å². The minimum absolute atomic E-state index is 0.848. The third-order valence-electron chi connectivity index (χ3n) is 2.53. The lowest BCUT2D eigenvalue weighted by Gasteiger charge is -2.25. The Morgan fingerprint density at radius 2 is 2.27 bits per heavy atom. The predicted octanol–water partition coefficient (Wildman–Crippen LogP) is 2.64. The first-order chi connectivity index (χ1) is 5.24. The van der Waals surface area contributed by atoms with Crippen LogP contribution < -0.4 is 0 Å². The summed E-state index contributed by atoms with van der Waals surface area (Å²) in [5.74, 6) is 0.848. The Kier molecular flexibility index (Phi) is 2.98. The Hall–Kier alpha value is -0.460. The SMILES string of the molecule is CCC1C=C(N(C)C)CCC1. The first-order valence-corrected chi connectivity index (χ1v) is 4.62. The summed E-state index contributed by atoms with van der Waals surface area (Å²) in [5.41, 5.74) is 1.53. The minimum atomic E-state index is 0.848. The van der Waals surface area contributed by atoms with Crippen LogP contribution in [0.5, 0.6) is 0 Å². The van der Waals surface area contributed by atoms with Crippen LogP contribution in [0.1, 0.15) is 32.6 Å². The van der Waals surface area contributed by atoms with Gasteiger partial charge in [-0.05, 0) is 31.6 Å². The standard InChI is InChI=1S/C10H19N/c1-4-9-6-5-7-10(8-9)11(2)3/h8-9H,4-7H2,1-3H3. The number of nitrogens with zero attached hydrogens (tertiary/aromatic N) is 1. The lowest BCUT2D eigenvalue weighted by Crippen LogP contribution is -2.16. The van der Waals surface area contributed by atoms with E-state index in [1.165, 1.54) is 31.4 Å². The number of hydrogen-bond acceptors (Lipinski definition) is 1. The molecule has 0 aliphatic heterocycles. The second-order valence-corrected chi connectivity index (χ2v) is 3.61. The van der Waals surface area contributed by atoms with Gasteiger partial charge in [0.15, 0.2) is 0 Å². The summed E-state index contributed by atoms with van der Waals surface area (Å²) in [6.07, 6.45) is 7.81. The zero-order valence-corrected chi connectivity index (χ0v) is 7.93. The Bertz CT molecular complexity index is 147. The highest BCUT2D eigenvalue weighted by molar-refractivity contribution is 5.05. The van der Waals surface area contributed by atoms with Crippen molar-refractivity contribution < 1.29 is 0 Å². The summed E-state index contributed by atoms with van der Waals surface area (Å²) in [5, 5.41) is 0. The molecule has 0 spiro atoms. The van der Waals surface area contributed by atoms with Gasteiger partial charge in [0.2, 0.25) is 0 Å². The van der Waals surface area contributed by atoms with Gasteiger partial charge in [-0.3, -0.25) is 0 Å². The Balaban J connectivity index is 2.57. The maximum atomic E-state index is 2.45. The molecule has 0 N–H and O–H groups in total. The molecule has 0 aromatic heterocycles. The first-order valence-electron chi connectivity index (χ1n) is 4.62. The summed E-state index contributed by atoms with van der Waals surface area (Å²) in [7, 11) is 4.29. The number of allylic oxidation sites excluding steroid dienone is 2. The van der Waals surface area contributed by atoms with E-state index in [1.807, 2.05) is 0 Å². The molecule has 0 saturated heterocycles. The molecule has 0 aromatic carbocycles. The van der Waals surface area contributed by atoms with Crippen molar-refractivity contribution in [3.8, 4) is 0 Å². The topological polar surface area (TPSA) is 3.24 Å². The van der Waals surface area contributed by atoms with Crippen molar-refractivity contribution in [2.45, 2.75) is 32.6 Å². The van der Waals surface area contributed by atoms with Crippen LogP contribution in [-0.2, 0) is 0 Å². The molecule has 0 saturated carbocycles. The monoisotopic (exact) mass is 153 g/mol. The highest BCUT2D eigenvalue weighted by Gasteiger charge is 2.12. The molecular weight excluding hydrogens is 134 g/mol. The lowest BCUT2D eigenvalue weighted by atomic mass is 9.91. The normalized spacial score (nSPS) is 24.6. The molecule has 11 heavy (non-hydrogen) atoms.